The predicted molar refractivity (Wildman–Crippen MR) is 79.7 cm³/mol. The van der Waals surface area contributed by atoms with E-state index in [0.29, 0.717) is 18.7 Å². The van der Waals surface area contributed by atoms with Crippen LogP contribution in [0.25, 0.3) is 0 Å². The van der Waals surface area contributed by atoms with Crippen LogP contribution in [-0.2, 0) is 9.53 Å². The minimum Gasteiger partial charge on any atom is -0.465 e. The summed E-state index contributed by atoms with van der Waals surface area (Å²) in [5.74, 6) is -0.131. The van der Waals surface area contributed by atoms with E-state index in [9.17, 15) is 4.79 Å². The molecule has 2 aliphatic heterocycles. The average Bonchev–Trinajstić information content (AvgIpc) is 2.45. The number of likely N-dealkylation sites (N-methyl/N-ethyl adjacent to an activating group) is 1. The molecule has 0 aromatic rings. The second-order valence-corrected chi connectivity index (χ2v) is 6.04. The quantitative estimate of drug-likeness (QED) is 0.752. The normalized spacial score (nSPS) is 29.8. The van der Waals surface area contributed by atoms with E-state index in [1.807, 2.05) is 14.0 Å². The summed E-state index contributed by atoms with van der Waals surface area (Å²) in [6.45, 7) is 8.78. The molecule has 116 valence electrons. The molecule has 20 heavy (non-hydrogen) atoms. The molecule has 0 aromatic carbocycles. The molecule has 0 aromatic heterocycles. The monoisotopic (exact) mass is 283 g/mol. The zero-order valence-corrected chi connectivity index (χ0v) is 13.1. The van der Waals surface area contributed by atoms with E-state index in [4.69, 9.17) is 4.74 Å². The number of piperazine rings is 1. The van der Waals surface area contributed by atoms with E-state index in [1.165, 1.54) is 25.8 Å². The lowest BCUT2D eigenvalue weighted by molar-refractivity contribution is -0.146. The molecule has 5 heteroatoms. The lowest BCUT2D eigenvalue weighted by Crippen LogP contribution is -2.61. The fraction of sp³-hybridized carbons (Fsp3) is 0.933. The van der Waals surface area contributed by atoms with Crippen LogP contribution in [0.3, 0.4) is 0 Å². The van der Waals surface area contributed by atoms with Gasteiger partial charge in [-0.15, -0.1) is 0 Å². The van der Waals surface area contributed by atoms with Crippen molar-refractivity contribution in [3.63, 3.8) is 0 Å². The first kappa shape index (κ1) is 15.7. The number of carbonyl (C=O) groups excluding carboxylic acids is 1. The summed E-state index contributed by atoms with van der Waals surface area (Å²) < 4.78 is 5.14. The molecule has 1 N–H and O–H groups in total. The Morgan fingerprint density at radius 2 is 2.20 bits per heavy atom. The summed E-state index contributed by atoms with van der Waals surface area (Å²) in [4.78, 5) is 17.0. The van der Waals surface area contributed by atoms with E-state index in [1.54, 1.807) is 0 Å². The molecule has 2 aliphatic rings. The van der Waals surface area contributed by atoms with Crippen molar-refractivity contribution >= 4 is 5.97 Å². The molecular weight excluding hydrogens is 254 g/mol. The van der Waals surface area contributed by atoms with Crippen LogP contribution in [0.4, 0.5) is 0 Å². The second-order valence-electron chi connectivity index (χ2n) is 6.04. The third kappa shape index (κ3) is 3.71. The Hall–Kier alpha value is -0.650. The summed E-state index contributed by atoms with van der Waals surface area (Å²) in [6, 6.07) is 0.974. The van der Waals surface area contributed by atoms with Gasteiger partial charge in [-0.25, -0.2) is 0 Å². The molecule has 0 aliphatic carbocycles. The van der Waals surface area contributed by atoms with Crippen molar-refractivity contribution in [2.75, 3.05) is 39.8 Å². The highest BCUT2D eigenvalue weighted by Crippen LogP contribution is 2.24. The fourth-order valence-corrected chi connectivity index (χ4v) is 3.43. The van der Waals surface area contributed by atoms with Crippen molar-refractivity contribution in [1.82, 2.24) is 15.1 Å². The average molecular weight is 283 g/mol. The minimum absolute atomic E-state index is 0.131. The van der Waals surface area contributed by atoms with Gasteiger partial charge < -0.3 is 10.1 Å². The molecule has 2 rings (SSSR count). The first-order valence-corrected chi connectivity index (χ1v) is 7.97. The Kier molecular flexibility index (Phi) is 5.81. The number of nitrogens with zero attached hydrogens (tertiary/aromatic N) is 2. The summed E-state index contributed by atoms with van der Waals surface area (Å²) >= 11 is 0. The van der Waals surface area contributed by atoms with Crippen molar-refractivity contribution in [2.24, 2.45) is 0 Å². The minimum atomic E-state index is -0.215. The Bertz CT molecular complexity index is 324. The molecule has 0 spiro atoms. The van der Waals surface area contributed by atoms with Gasteiger partial charge in [0.25, 0.3) is 0 Å². The standard InChI is InChI=1S/C15H29N3O2/c1-4-20-15(19)14(16-3)11-18-10-13-7-5-6-8-17(13)9-12(18)2/h12-14,16H,4-11H2,1-3H3. The Morgan fingerprint density at radius 1 is 1.40 bits per heavy atom. The number of ether oxygens (including phenoxy) is 1. The molecule has 2 fully saturated rings. The van der Waals surface area contributed by atoms with E-state index in [0.717, 1.165) is 19.6 Å². The van der Waals surface area contributed by atoms with Gasteiger partial charge in [-0.2, -0.15) is 0 Å². The largest absolute Gasteiger partial charge is 0.465 e. The van der Waals surface area contributed by atoms with Crippen molar-refractivity contribution in [3.05, 3.63) is 0 Å². The summed E-state index contributed by atoms with van der Waals surface area (Å²) in [6.07, 6.45) is 3.98. The summed E-state index contributed by atoms with van der Waals surface area (Å²) in [5.41, 5.74) is 0. The Morgan fingerprint density at radius 3 is 2.90 bits per heavy atom. The van der Waals surface area contributed by atoms with Crippen molar-refractivity contribution in [3.8, 4) is 0 Å². The molecule has 2 saturated heterocycles. The number of esters is 1. The molecule has 3 atom stereocenters. The van der Waals surface area contributed by atoms with Gasteiger partial charge in [0.05, 0.1) is 6.61 Å². The zero-order chi connectivity index (χ0) is 14.5. The molecule has 5 nitrogen and oxygen atoms in total. The highest BCUT2D eigenvalue weighted by atomic mass is 16.5. The molecular formula is C15H29N3O2. The van der Waals surface area contributed by atoms with Gasteiger partial charge in [0.1, 0.15) is 6.04 Å². The number of hydrogen-bond donors (Lipinski definition) is 1. The van der Waals surface area contributed by atoms with Crippen LogP contribution < -0.4 is 5.32 Å². The van der Waals surface area contributed by atoms with Gasteiger partial charge in [0.2, 0.25) is 0 Å². The maximum Gasteiger partial charge on any atom is 0.324 e. The maximum atomic E-state index is 11.9. The van der Waals surface area contributed by atoms with E-state index >= 15 is 0 Å². The Labute approximate surface area is 122 Å². The van der Waals surface area contributed by atoms with E-state index in [2.05, 4.69) is 22.0 Å². The summed E-state index contributed by atoms with van der Waals surface area (Å²) in [7, 11) is 1.84. The van der Waals surface area contributed by atoms with E-state index in [-0.39, 0.29) is 12.0 Å². The van der Waals surface area contributed by atoms with Crippen molar-refractivity contribution in [1.29, 1.82) is 0 Å². The topological polar surface area (TPSA) is 44.8 Å². The molecule has 0 saturated carbocycles. The first-order chi connectivity index (χ1) is 9.65. The van der Waals surface area contributed by atoms with Crippen molar-refractivity contribution < 1.29 is 9.53 Å². The number of fused-ring (bicyclic) bond motifs is 1. The molecule has 0 amide bonds. The molecule has 0 radical (unpaired) electrons. The van der Waals surface area contributed by atoms with Gasteiger partial charge in [-0.05, 0) is 40.3 Å². The summed E-state index contributed by atoms with van der Waals surface area (Å²) in [5, 5.41) is 3.10. The third-order valence-corrected chi connectivity index (χ3v) is 4.65. The molecule has 2 heterocycles. The number of piperidine rings is 1. The van der Waals surface area contributed by atoms with Gasteiger partial charge in [0.15, 0.2) is 0 Å². The van der Waals surface area contributed by atoms with Crippen LogP contribution in [-0.4, -0.2) is 73.7 Å². The van der Waals surface area contributed by atoms with Crippen LogP contribution >= 0.6 is 0 Å². The highest BCUT2D eigenvalue weighted by Gasteiger charge is 2.34. The SMILES string of the molecule is CCOC(=O)C(CN1CC2CCCCN2CC1C)NC. The lowest BCUT2D eigenvalue weighted by Gasteiger charge is -2.48. The second kappa shape index (κ2) is 7.38. The molecule has 3 unspecified atom stereocenters. The van der Waals surface area contributed by atoms with Crippen LogP contribution in [0, 0.1) is 0 Å². The Balaban J connectivity index is 1.92. The van der Waals surface area contributed by atoms with E-state index < -0.39 is 0 Å². The van der Waals surface area contributed by atoms with Gasteiger partial charge in [-0.3, -0.25) is 14.6 Å². The maximum absolute atomic E-state index is 11.9. The van der Waals surface area contributed by atoms with Crippen LogP contribution in [0.1, 0.15) is 33.1 Å². The predicted octanol–water partition coefficient (Wildman–Crippen LogP) is 0.696. The number of nitrogens with one attached hydrogen (secondary N) is 1. The number of hydrogen-bond acceptors (Lipinski definition) is 5. The lowest BCUT2D eigenvalue weighted by atomic mass is 9.97. The fourth-order valence-electron chi connectivity index (χ4n) is 3.43. The van der Waals surface area contributed by atoms with Crippen LogP contribution in [0.5, 0.6) is 0 Å². The third-order valence-electron chi connectivity index (χ3n) is 4.65. The van der Waals surface area contributed by atoms with Crippen LogP contribution in [0.15, 0.2) is 0 Å². The van der Waals surface area contributed by atoms with Crippen molar-refractivity contribution in [2.45, 2.75) is 51.2 Å². The van der Waals surface area contributed by atoms with Gasteiger partial charge >= 0.3 is 5.97 Å². The first-order valence-electron chi connectivity index (χ1n) is 7.97. The van der Waals surface area contributed by atoms with Crippen LogP contribution in [0.2, 0.25) is 0 Å². The van der Waals surface area contributed by atoms with Gasteiger partial charge in [0, 0.05) is 31.7 Å². The highest BCUT2D eigenvalue weighted by molar-refractivity contribution is 5.76. The number of carbonyl (C=O) groups is 1. The molecule has 0 bridgehead atoms. The smallest absolute Gasteiger partial charge is 0.324 e. The zero-order valence-electron chi connectivity index (χ0n) is 13.1. The number of rotatable bonds is 5. The van der Waals surface area contributed by atoms with Gasteiger partial charge in [-0.1, -0.05) is 6.42 Å².